The second-order valence-electron chi connectivity index (χ2n) is 3.64. The lowest BCUT2D eigenvalue weighted by atomic mass is 10.2. The molecule has 0 fully saturated rings. The van der Waals surface area contributed by atoms with Crippen LogP contribution in [0, 0.1) is 0 Å². The number of rotatable bonds is 2. The van der Waals surface area contributed by atoms with Gasteiger partial charge in [-0.05, 0) is 23.8 Å². The highest BCUT2D eigenvalue weighted by Gasteiger charge is 2.13. The van der Waals surface area contributed by atoms with E-state index in [0.29, 0.717) is 13.2 Å². The smallest absolute Gasteiger partial charge is 0.182 e. The van der Waals surface area contributed by atoms with Crippen molar-refractivity contribution in [2.75, 3.05) is 25.6 Å². The first-order valence-electron chi connectivity index (χ1n) is 5.40. The van der Waals surface area contributed by atoms with Crippen LogP contribution in [-0.4, -0.2) is 25.2 Å². The summed E-state index contributed by atoms with van der Waals surface area (Å²) >= 11 is 1.62. The maximum Gasteiger partial charge on any atom is 0.182 e. The van der Waals surface area contributed by atoms with Gasteiger partial charge in [0, 0.05) is 13.2 Å². The zero-order valence-electron chi connectivity index (χ0n) is 9.40. The molecule has 0 bridgehead atoms. The number of nitrogens with one attached hydrogen (secondary N) is 1. The average molecular weight is 248 g/mol. The van der Waals surface area contributed by atoms with Crippen LogP contribution >= 0.6 is 11.3 Å². The molecular formula is C12H12N2O2S. The summed E-state index contributed by atoms with van der Waals surface area (Å²) in [5.74, 6) is 1.63. The summed E-state index contributed by atoms with van der Waals surface area (Å²) in [4.78, 5) is 5.38. The van der Waals surface area contributed by atoms with E-state index in [1.54, 1.807) is 11.3 Å². The Morgan fingerprint density at radius 2 is 2.06 bits per heavy atom. The third-order valence-corrected chi connectivity index (χ3v) is 3.61. The molecule has 0 atom stereocenters. The molecule has 1 aliphatic rings. The Kier molecular flexibility index (Phi) is 2.60. The van der Waals surface area contributed by atoms with Crippen molar-refractivity contribution in [1.29, 1.82) is 0 Å². The number of hydrogen-bond donors (Lipinski definition) is 1. The largest absolute Gasteiger partial charge is 0.486 e. The van der Waals surface area contributed by atoms with Gasteiger partial charge in [0.05, 0.1) is 4.88 Å². The van der Waals surface area contributed by atoms with Crippen molar-refractivity contribution < 1.29 is 9.47 Å². The Hall–Kier alpha value is -1.75. The maximum absolute atomic E-state index is 5.56. The minimum Gasteiger partial charge on any atom is -0.486 e. The molecule has 4 nitrogen and oxygen atoms in total. The van der Waals surface area contributed by atoms with Gasteiger partial charge in [-0.15, -0.1) is 0 Å². The van der Waals surface area contributed by atoms with Crippen molar-refractivity contribution in [3.63, 3.8) is 0 Å². The molecule has 2 heterocycles. The summed E-state index contributed by atoms with van der Waals surface area (Å²) in [6.45, 7) is 1.23. The Balaban J connectivity index is 1.97. The highest BCUT2D eigenvalue weighted by molar-refractivity contribution is 7.18. The molecule has 0 radical (unpaired) electrons. The molecule has 3 rings (SSSR count). The number of thiazole rings is 1. The van der Waals surface area contributed by atoms with Crippen molar-refractivity contribution in [2.45, 2.75) is 0 Å². The Morgan fingerprint density at radius 3 is 2.82 bits per heavy atom. The van der Waals surface area contributed by atoms with Crippen LogP contribution in [0.3, 0.4) is 0 Å². The minimum atomic E-state index is 0.612. The molecule has 2 aromatic rings. The monoisotopic (exact) mass is 248 g/mol. The molecule has 88 valence electrons. The molecule has 17 heavy (non-hydrogen) atoms. The van der Waals surface area contributed by atoms with Crippen LogP contribution in [0.5, 0.6) is 11.5 Å². The van der Waals surface area contributed by atoms with E-state index in [4.69, 9.17) is 9.47 Å². The van der Waals surface area contributed by atoms with Gasteiger partial charge in [0.15, 0.2) is 16.6 Å². The van der Waals surface area contributed by atoms with Crippen molar-refractivity contribution in [3.8, 4) is 21.9 Å². The van der Waals surface area contributed by atoms with Crippen LogP contribution in [0.2, 0.25) is 0 Å². The van der Waals surface area contributed by atoms with E-state index in [2.05, 4.69) is 10.3 Å². The normalized spacial score (nSPS) is 13.5. The molecular weight excluding hydrogens is 236 g/mol. The number of aromatic nitrogens is 1. The maximum atomic E-state index is 5.56. The molecule has 0 amide bonds. The van der Waals surface area contributed by atoms with E-state index < -0.39 is 0 Å². The molecule has 1 aromatic heterocycles. The first-order chi connectivity index (χ1) is 8.36. The second kappa shape index (κ2) is 4.25. The van der Waals surface area contributed by atoms with Gasteiger partial charge in [0.2, 0.25) is 0 Å². The topological polar surface area (TPSA) is 43.4 Å². The van der Waals surface area contributed by atoms with Gasteiger partial charge in [-0.2, -0.15) is 0 Å². The highest BCUT2D eigenvalue weighted by atomic mass is 32.1. The van der Waals surface area contributed by atoms with Gasteiger partial charge in [-0.25, -0.2) is 4.98 Å². The second-order valence-corrected chi connectivity index (χ2v) is 4.67. The fourth-order valence-corrected chi connectivity index (χ4v) is 2.49. The van der Waals surface area contributed by atoms with Crippen LogP contribution in [0.15, 0.2) is 24.4 Å². The Labute approximate surface area is 103 Å². The van der Waals surface area contributed by atoms with Crippen LogP contribution < -0.4 is 14.8 Å². The molecule has 0 spiro atoms. The zero-order chi connectivity index (χ0) is 11.7. The van der Waals surface area contributed by atoms with Gasteiger partial charge in [0.1, 0.15) is 13.2 Å². The molecule has 5 heteroatoms. The van der Waals surface area contributed by atoms with Crippen molar-refractivity contribution in [2.24, 2.45) is 0 Å². The van der Waals surface area contributed by atoms with Crippen molar-refractivity contribution in [1.82, 2.24) is 4.98 Å². The van der Waals surface area contributed by atoms with Crippen LogP contribution in [0.4, 0.5) is 5.13 Å². The lowest BCUT2D eigenvalue weighted by Crippen LogP contribution is -2.15. The summed E-state index contributed by atoms with van der Waals surface area (Å²) in [5, 5.41) is 3.94. The number of hydrogen-bond acceptors (Lipinski definition) is 5. The highest BCUT2D eigenvalue weighted by Crippen LogP contribution is 2.36. The van der Waals surface area contributed by atoms with E-state index in [1.807, 2.05) is 31.4 Å². The van der Waals surface area contributed by atoms with E-state index in [-0.39, 0.29) is 0 Å². The molecule has 0 unspecified atom stereocenters. The lowest BCUT2D eigenvalue weighted by molar-refractivity contribution is 0.171. The number of ether oxygens (including phenoxy) is 2. The fourth-order valence-electron chi connectivity index (χ4n) is 1.72. The Morgan fingerprint density at radius 1 is 1.24 bits per heavy atom. The van der Waals surface area contributed by atoms with E-state index in [0.717, 1.165) is 27.1 Å². The number of anilines is 1. The van der Waals surface area contributed by atoms with Gasteiger partial charge in [-0.1, -0.05) is 11.3 Å². The van der Waals surface area contributed by atoms with E-state index >= 15 is 0 Å². The van der Waals surface area contributed by atoms with Gasteiger partial charge < -0.3 is 14.8 Å². The quantitative estimate of drug-likeness (QED) is 0.887. The predicted octanol–water partition coefficient (Wildman–Crippen LogP) is 2.62. The van der Waals surface area contributed by atoms with Gasteiger partial charge in [0.25, 0.3) is 0 Å². The summed E-state index contributed by atoms with van der Waals surface area (Å²) in [5.41, 5.74) is 1.10. The molecule has 0 saturated heterocycles. The molecule has 1 aromatic carbocycles. The summed E-state index contributed by atoms with van der Waals surface area (Å²) in [6.07, 6.45) is 1.86. The van der Waals surface area contributed by atoms with E-state index in [1.165, 1.54) is 0 Å². The minimum absolute atomic E-state index is 0.612. The van der Waals surface area contributed by atoms with Crippen LogP contribution in [0.25, 0.3) is 10.4 Å². The van der Waals surface area contributed by atoms with Crippen LogP contribution in [0.1, 0.15) is 0 Å². The van der Waals surface area contributed by atoms with Crippen molar-refractivity contribution >= 4 is 16.5 Å². The van der Waals surface area contributed by atoms with E-state index in [9.17, 15) is 0 Å². The zero-order valence-corrected chi connectivity index (χ0v) is 10.2. The number of benzene rings is 1. The number of fused-ring (bicyclic) bond motifs is 1. The Bertz CT molecular complexity index is 539. The van der Waals surface area contributed by atoms with Crippen molar-refractivity contribution in [3.05, 3.63) is 24.4 Å². The molecule has 0 saturated carbocycles. The first-order valence-corrected chi connectivity index (χ1v) is 6.22. The molecule has 0 aliphatic carbocycles. The molecule has 1 N–H and O–H groups in total. The molecule has 1 aliphatic heterocycles. The first kappa shape index (κ1) is 10.4. The van der Waals surface area contributed by atoms with Gasteiger partial charge >= 0.3 is 0 Å². The third-order valence-electron chi connectivity index (χ3n) is 2.55. The fraction of sp³-hybridized carbons (Fsp3) is 0.250. The summed E-state index contributed by atoms with van der Waals surface area (Å²) in [7, 11) is 1.87. The van der Waals surface area contributed by atoms with Gasteiger partial charge in [-0.3, -0.25) is 0 Å². The lowest BCUT2D eigenvalue weighted by Gasteiger charge is -2.18. The average Bonchev–Trinajstić information content (AvgIpc) is 2.87. The summed E-state index contributed by atoms with van der Waals surface area (Å²) < 4.78 is 11.1. The standard InChI is InChI=1S/C12H12N2O2S/c1-13-12-14-7-11(17-12)8-2-3-9-10(6-8)16-5-4-15-9/h2-3,6-7H,4-5H2,1H3,(H,13,14). The van der Waals surface area contributed by atoms with Crippen LogP contribution in [-0.2, 0) is 0 Å². The number of nitrogens with zero attached hydrogens (tertiary/aromatic N) is 1. The SMILES string of the molecule is CNc1ncc(-c2ccc3c(c2)OCCO3)s1. The third kappa shape index (κ3) is 1.93. The predicted molar refractivity (Wildman–Crippen MR) is 68.1 cm³/mol. The summed E-state index contributed by atoms with van der Waals surface area (Å²) in [6, 6.07) is 5.98.